The molecule has 3 N–H and O–H groups in total. The highest BCUT2D eigenvalue weighted by atomic mass is 32.1. The Morgan fingerprint density at radius 3 is 2.47 bits per heavy atom. The highest BCUT2D eigenvalue weighted by Crippen LogP contribution is 2.28. The van der Waals surface area contributed by atoms with Crippen molar-refractivity contribution < 1.29 is 19.5 Å². The summed E-state index contributed by atoms with van der Waals surface area (Å²) >= 11 is 1.59. The van der Waals surface area contributed by atoms with Gasteiger partial charge in [-0.05, 0) is 68.8 Å². The van der Waals surface area contributed by atoms with Crippen LogP contribution < -0.4 is 10.6 Å². The second-order valence-electron chi connectivity index (χ2n) is 13.5. The molecule has 0 radical (unpaired) electrons. The molecule has 0 unspecified atom stereocenters. The molecule has 0 spiro atoms. The highest BCUT2D eigenvalue weighted by Gasteiger charge is 2.44. The van der Waals surface area contributed by atoms with Gasteiger partial charge in [0.2, 0.25) is 17.7 Å². The number of aliphatic hydroxyl groups excluding tert-OH is 1. The molecule has 9 nitrogen and oxygen atoms in total. The number of carbonyl (C=O) groups is 3. The van der Waals surface area contributed by atoms with E-state index in [0.717, 1.165) is 73.4 Å². The predicted octanol–water partition coefficient (Wildman–Crippen LogP) is 4.13. The van der Waals surface area contributed by atoms with E-state index in [1.807, 2.05) is 57.5 Å². The Kier molecular flexibility index (Phi) is 12.2. The standard InChI is InChI=1S/C35H49N5O4S/c1-6-25-15-18-39(19-16-25)17-9-7-8-10-30(42)38-32(35(3,4)5)34(44)40-22-28(41)20-29(40)33(43)36-21-26-11-13-27(14-12-26)31-24(2)37-23-45-31/h1,11-14,23,25,28-29,32,41H,7-10,15-22H2,2-5H3,(H,36,43)(H,38,42)/t28-,29+,32-/m1/s1. The van der Waals surface area contributed by atoms with Gasteiger partial charge in [-0.1, -0.05) is 51.5 Å². The number of rotatable bonds is 12. The molecule has 2 aliphatic heterocycles. The molecule has 4 rings (SSSR count). The molecular weight excluding hydrogens is 586 g/mol. The summed E-state index contributed by atoms with van der Waals surface area (Å²) in [6.45, 7) is 11.1. The largest absolute Gasteiger partial charge is 0.391 e. The number of aliphatic hydroxyl groups is 1. The second kappa shape index (κ2) is 15.8. The lowest BCUT2D eigenvalue weighted by Gasteiger charge is -2.35. The van der Waals surface area contributed by atoms with E-state index < -0.39 is 23.6 Å². The molecule has 2 fully saturated rings. The van der Waals surface area contributed by atoms with Crippen LogP contribution in [0.25, 0.3) is 10.4 Å². The van der Waals surface area contributed by atoms with Gasteiger partial charge in [-0.3, -0.25) is 14.4 Å². The Bertz CT molecular complexity index is 1340. The number of hydrogen-bond donors (Lipinski definition) is 3. The third-order valence-corrected chi connectivity index (χ3v) is 9.89. The van der Waals surface area contributed by atoms with Crippen molar-refractivity contribution in [1.82, 2.24) is 25.4 Å². The lowest BCUT2D eigenvalue weighted by Crippen LogP contribution is -2.57. The maximum atomic E-state index is 13.8. The summed E-state index contributed by atoms with van der Waals surface area (Å²) in [7, 11) is 0. The molecule has 2 saturated heterocycles. The molecule has 1 aromatic heterocycles. The highest BCUT2D eigenvalue weighted by molar-refractivity contribution is 7.13. The summed E-state index contributed by atoms with van der Waals surface area (Å²) in [6.07, 6.45) is 10.1. The van der Waals surface area contributed by atoms with E-state index in [2.05, 4.69) is 26.4 Å². The maximum Gasteiger partial charge on any atom is 0.246 e. The average molecular weight is 636 g/mol. The number of unbranched alkanes of at least 4 members (excludes halogenated alkanes) is 2. The van der Waals surface area contributed by atoms with Gasteiger partial charge in [-0.2, -0.15) is 0 Å². The molecule has 3 amide bonds. The Hall–Kier alpha value is -3.26. The number of β-amino-alcohol motifs (C(OH)–C–C–N with tert-alkyl or cyclic N) is 1. The molecule has 45 heavy (non-hydrogen) atoms. The van der Waals surface area contributed by atoms with Crippen molar-refractivity contribution in [2.75, 3.05) is 26.2 Å². The molecule has 1 aromatic carbocycles. The van der Waals surface area contributed by atoms with Crippen LogP contribution in [-0.2, 0) is 20.9 Å². The monoisotopic (exact) mass is 635 g/mol. The van der Waals surface area contributed by atoms with Crippen LogP contribution in [0.3, 0.4) is 0 Å². The summed E-state index contributed by atoms with van der Waals surface area (Å²) in [6, 6.07) is 6.34. The van der Waals surface area contributed by atoms with Crippen molar-refractivity contribution in [2.45, 2.75) is 97.4 Å². The van der Waals surface area contributed by atoms with Gasteiger partial charge in [0, 0.05) is 31.8 Å². The molecule has 0 bridgehead atoms. The zero-order valence-corrected chi connectivity index (χ0v) is 28.0. The topological polar surface area (TPSA) is 115 Å². The van der Waals surface area contributed by atoms with E-state index in [-0.39, 0.29) is 30.7 Å². The number of benzene rings is 1. The lowest BCUT2D eigenvalue weighted by molar-refractivity contribution is -0.144. The third kappa shape index (κ3) is 9.62. The van der Waals surface area contributed by atoms with Gasteiger partial charge >= 0.3 is 0 Å². The number of aromatic nitrogens is 1. The minimum absolute atomic E-state index is 0.0564. The van der Waals surface area contributed by atoms with Crippen LogP contribution in [0.2, 0.25) is 0 Å². The average Bonchev–Trinajstić information content (AvgIpc) is 3.63. The number of thiazole rings is 1. The van der Waals surface area contributed by atoms with Gasteiger partial charge in [-0.15, -0.1) is 23.7 Å². The number of nitrogens with one attached hydrogen (secondary N) is 2. The molecular formula is C35H49N5O4S. The summed E-state index contributed by atoms with van der Waals surface area (Å²) in [5.74, 6) is 2.44. The number of carbonyl (C=O) groups excluding carboxylic acids is 3. The number of nitrogens with zero attached hydrogens (tertiary/aromatic N) is 3. The molecule has 10 heteroatoms. The van der Waals surface area contributed by atoms with Crippen LogP contribution in [-0.4, -0.2) is 82.0 Å². The van der Waals surface area contributed by atoms with E-state index in [0.29, 0.717) is 18.9 Å². The van der Waals surface area contributed by atoms with Crippen LogP contribution in [0.15, 0.2) is 29.8 Å². The summed E-state index contributed by atoms with van der Waals surface area (Å²) in [5, 5.41) is 16.4. The fourth-order valence-electron chi connectivity index (χ4n) is 6.13. The van der Waals surface area contributed by atoms with Crippen LogP contribution in [0.4, 0.5) is 0 Å². The molecule has 3 atom stereocenters. The van der Waals surface area contributed by atoms with Gasteiger partial charge < -0.3 is 25.5 Å². The Morgan fingerprint density at radius 1 is 1.13 bits per heavy atom. The van der Waals surface area contributed by atoms with Gasteiger partial charge in [0.1, 0.15) is 12.1 Å². The molecule has 0 saturated carbocycles. The van der Waals surface area contributed by atoms with Crippen LogP contribution in [0, 0.1) is 30.6 Å². The Labute approximate surface area is 272 Å². The first-order valence-electron chi connectivity index (χ1n) is 16.2. The number of hydrogen-bond acceptors (Lipinski definition) is 7. The maximum absolute atomic E-state index is 13.8. The lowest BCUT2D eigenvalue weighted by atomic mass is 9.85. The molecule has 0 aliphatic carbocycles. The van der Waals surface area contributed by atoms with E-state index in [4.69, 9.17) is 6.42 Å². The number of likely N-dealkylation sites (tertiary alicyclic amines) is 2. The predicted molar refractivity (Wildman–Crippen MR) is 178 cm³/mol. The van der Waals surface area contributed by atoms with Crippen molar-refractivity contribution in [3.8, 4) is 22.8 Å². The van der Waals surface area contributed by atoms with Crippen molar-refractivity contribution >= 4 is 29.1 Å². The van der Waals surface area contributed by atoms with E-state index in [1.165, 1.54) is 4.90 Å². The molecule has 2 aromatic rings. The number of aryl methyl sites for hydroxylation is 1. The molecule has 244 valence electrons. The van der Waals surface area contributed by atoms with Gasteiger partial charge in [-0.25, -0.2) is 4.98 Å². The zero-order valence-electron chi connectivity index (χ0n) is 27.2. The quantitative estimate of drug-likeness (QED) is 0.239. The Morgan fingerprint density at radius 2 is 1.84 bits per heavy atom. The summed E-state index contributed by atoms with van der Waals surface area (Å²) < 4.78 is 0. The van der Waals surface area contributed by atoms with Gasteiger partial charge in [0.05, 0.1) is 22.2 Å². The number of piperidine rings is 1. The van der Waals surface area contributed by atoms with Gasteiger partial charge in [0.25, 0.3) is 0 Å². The zero-order chi connectivity index (χ0) is 32.6. The summed E-state index contributed by atoms with van der Waals surface area (Å²) in [5.41, 5.74) is 4.24. The van der Waals surface area contributed by atoms with E-state index in [9.17, 15) is 19.5 Å². The number of amides is 3. The van der Waals surface area contributed by atoms with Crippen molar-refractivity contribution in [2.24, 2.45) is 11.3 Å². The third-order valence-electron chi connectivity index (χ3n) is 8.91. The minimum Gasteiger partial charge on any atom is -0.391 e. The normalized spacial score (nSPS) is 20.0. The van der Waals surface area contributed by atoms with Gasteiger partial charge in [0.15, 0.2) is 0 Å². The van der Waals surface area contributed by atoms with E-state index >= 15 is 0 Å². The molecule has 3 heterocycles. The number of terminal acetylenes is 1. The SMILES string of the molecule is C#CC1CCN(CCCCCC(=O)N[C@H](C(=O)N2C[C@H](O)C[C@H]2C(=O)NCc2ccc(-c3scnc3C)cc2)C(C)(C)C)CC1. The fraction of sp³-hybridized carbons (Fsp3) is 0.600. The first-order valence-corrected chi connectivity index (χ1v) is 17.1. The first-order chi connectivity index (χ1) is 21.5. The van der Waals surface area contributed by atoms with Crippen molar-refractivity contribution in [3.63, 3.8) is 0 Å². The van der Waals surface area contributed by atoms with Crippen molar-refractivity contribution in [1.29, 1.82) is 0 Å². The molecule has 2 aliphatic rings. The summed E-state index contributed by atoms with van der Waals surface area (Å²) in [4.78, 5) is 49.4. The fourth-order valence-corrected chi connectivity index (χ4v) is 6.95. The second-order valence-corrected chi connectivity index (χ2v) is 14.4. The van der Waals surface area contributed by atoms with Crippen LogP contribution in [0.1, 0.15) is 77.0 Å². The van der Waals surface area contributed by atoms with Crippen LogP contribution >= 0.6 is 11.3 Å². The first kappa shape index (κ1) is 34.6. The van der Waals surface area contributed by atoms with Crippen LogP contribution in [0.5, 0.6) is 0 Å². The minimum atomic E-state index is -0.814. The van der Waals surface area contributed by atoms with E-state index in [1.54, 1.807) is 11.3 Å². The van der Waals surface area contributed by atoms with Crippen molar-refractivity contribution in [3.05, 3.63) is 41.0 Å². The Balaban J connectivity index is 1.27. The smallest absolute Gasteiger partial charge is 0.246 e.